The second-order valence-electron chi connectivity index (χ2n) is 31.2. The SMILES string of the molecule is O=C(Nc1cncc(CN2C(=O)c3cc4cc5c(cc4cc3C2=O)C2CC5Cc3c2c2c(c4c3C3CC(C4)c4cc5cc6c(cc5cc43)C(=O)N(Cc3cncc(NC(=O)c4ccccc4)c3)C6=O)C3CC(C2)c2cc4cc5c(cc4cc23)C(=O)N(Cc2cncc(NC(=O)c3ccccc3)c2)C5=O)c1)c1ccccc1. The molecule has 0 radical (unpaired) electrons. The Bertz CT molecular complexity index is 5880. The molecule has 6 aliphatic carbocycles. The first-order chi connectivity index (χ1) is 54.1. The molecular weight excluding hydrogens is 1390 g/mol. The van der Waals surface area contributed by atoms with Crippen molar-refractivity contribution in [3.05, 3.63) is 353 Å². The monoisotopic (exact) mass is 1450 g/mol. The van der Waals surface area contributed by atoms with E-state index in [9.17, 15) is 43.2 Å². The maximum absolute atomic E-state index is 14.6. The van der Waals surface area contributed by atoms with Crippen molar-refractivity contribution in [3.8, 4) is 0 Å². The highest BCUT2D eigenvalue weighted by Gasteiger charge is 2.52. The molecule has 6 heterocycles. The van der Waals surface area contributed by atoms with Gasteiger partial charge >= 0.3 is 0 Å². The van der Waals surface area contributed by atoms with E-state index in [0.717, 1.165) is 70.8 Å². The number of pyridine rings is 3. The van der Waals surface area contributed by atoms with Gasteiger partial charge in [0.25, 0.3) is 53.2 Å². The fraction of sp³-hybridized carbons (Fsp3) is 0.161. The van der Waals surface area contributed by atoms with Crippen LogP contribution in [0, 0.1) is 0 Å². The molecule has 6 atom stereocenters. The van der Waals surface area contributed by atoms with Crippen LogP contribution in [-0.4, -0.2) is 82.8 Å². The van der Waals surface area contributed by atoms with Crippen LogP contribution in [0.25, 0.3) is 32.3 Å². The van der Waals surface area contributed by atoms with Gasteiger partial charge in [-0.3, -0.25) is 72.8 Å². The smallest absolute Gasteiger partial charge is 0.261 e. The third-order valence-corrected chi connectivity index (χ3v) is 25.0. The Morgan fingerprint density at radius 2 is 0.550 bits per heavy atom. The predicted octanol–water partition coefficient (Wildman–Crippen LogP) is 16.0. The highest BCUT2D eigenvalue weighted by molar-refractivity contribution is 6.25. The number of hydrogen-bond donors (Lipinski definition) is 3. The minimum absolute atomic E-state index is 0.0333. The van der Waals surface area contributed by atoms with Crippen LogP contribution in [-0.2, 0) is 38.9 Å². The lowest BCUT2D eigenvalue weighted by atomic mass is 9.64. The Labute approximate surface area is 634 Å². The first-order valence-corrected chi connectivity index (χ1v) is 37.7. The van der Waals surface area contributed by atoms with Crippen LogP contribution in [0.5, 0.6) is 0 Å². The van der Waals surface area contributed by atoms with Gasteiger partial charge in [0.15, 0.2) is 0 Å². The molecule has 9 aliphatic rings. The van der Waals surface area contributed by atoms with Crippen molar-refractivity contribution in [2.45, 2.75) is 93.7 Å². The normalized spacial score (nSPS) is 19.4. The molecule has 111 heavy (non-hydrogen) atoms. The quantitative estimate of drug-likeness (QED) is 0.0968. The van der Waals surface area contributed by atoms with E-state index in [1.165, 1.54) is 100 Å². The summed E-state index contributed by atoms with van der Waals surface area (Å²) in [6, 6.07) is 56.9. The zero-order chi connectivity index (χ0) is 74.5. The van der Waals surface area contributed by atoms with Gasteiger partial charge in [-0.05, 0) is 263 Å². The summed E-state index contributed by atoms with van der Waals surface area (Å²) in [5, 5.41) is 14.0. The van der Waals surface area contributed by atoms with Crippen LogP contribution in [0.2, 0.25) is 0 Å². The molecule has 9 amide bonds. The summed E-state index contributed by atoms with van der Waals surface area (Å²) >= 11 is 0. The molecule has 0 saturated heterocycles. The molecule has 18 heteroatoms. The average molecular weight is 1450 g/mol. The fourth-order valence-corrected chi connectivity index (χ4v) is 20.3. The third-order valence-electron chi connectivity index (χ3n) is 25.0. The summed E-state index contributed by atoms with van der Waals surface area (Å²) in [4.78, 5) is 144. The summed E-state index contributed by atoms with van der Waals surface area (Å²) in [5.41, 5.74) is 22.6. The van der Waals surface area contributed by atoms with E-state index in [2.05, 4.69) is 67.3 Å². The molecule has 22 rings (SSSR count). The number of benzene rings is 10. The number of nitrogens with zero attached hydrogens (tertiary/aromatic N) is 6. The lowest BCUT2D eigenvalue weighted by molar-refractivity contribution is 0.0627. The molecule has 3 aromatic heterocycles. The first-order valence-electron chi connectivity index (χ1n) is 37.7. The Morgan fingerprint density at radius 1 is 0.306 bits per heavy atom. The number of carbonyl (C=O) groups excluding carboxylic acids is 9. The van der Waals surface area contributed by atoms with Crippen molar-refractivity contribution in [1.82, 2.24) is 29.7 Å². The van der Waals surface area contributed by atoms with Gasteiger partial charge in [0.1, 0.15) is 0 Å². The van der Waals surface area contributed by atoms with E-state index in [1.807, 2.05) is 54.6 Å². The third kappa shape index (κ3) is 10.0. The molecule has 3 aliphatic heterocycles. The molecular formula is C93H63N9O9. The van der Waals surface area contributed by atoms with Gasteiger partial charge in [-0.15, -0.1) is 0 Å². The minimum atomic E-state index is -0.394. The van der Waals surface area contributed by atoms with Crippen LogP contribution in [0.4, 0.5) is 17.1 Å². The molecule has 6 bridgehead atoms. The van der Waals surface area contributed by atoms with Crippen LogP contribution >= 0.6 is 0 Å². The van der Waals surface area contributed by atoms with E-state index in [0.29, 0.717) is 83.8 Å². The molecule has 10 aromatic carbocycles. The standard InChI is InChI=1S/C93H63N9O9/c103-85(49-10-4-1-5-11-49)97-61-16-46(37-94-40-61)43-100-88(106)73-25-52-19-64-58-31-70(67(64)22-55(52)28-76(73)91(100)109)82-79(34-58)83-71-33-60(66-21-54-27-75-77(29-56(54)23-68(66)71)92(110)102(90(75)108)45-48-18-63(42-96-39-48)99-87(105)51-14-8-3-9-15-51)36-81(83)84-72-32-59(35-80(82)84)65-20-53-26-74-78(30-57(53)24-69(65)72)93(111)101(89(74)107)44-47-17-62(41-95-38-47)98-86(104)50-12-6-2-7-13-50/h1-30,37-42,58-60,70-72H,31-36,43-45H2,(H,97,103)(H,98,104)(H,99,105). The molecule has 13 aromatic rings. The number of rotatable bonds is 12. The van der Waals surface area contributed by atoms with E-state index in [1.54, 1.807) is 110 Å². The van der Waals surface area contributed by atoms with E-state index < -0.39 is 17.7 Å². The molecule has 0 saturated carbocycles. The van der Waals surface area contributed by atoms with Crippen molar-refractivity contribution in [1.29, 1.82) is 0 Å². The Kier molecular flexibility index (Phi) is 14.0. The number of anilines is 3. The highest BCUT2D eigenvalue weighted by Crippen LogP contribution is 2.65. The van der Waals surface area contributed by atoms with Gasteiger partial charge in [0.2, 0.25) is 0 Å². The molecule has 3 N–H and O–H groups in total. The number of nitrogens with one attached hydrogen (secondary N) is 3. The fourth-order valence-electron chi connectivity index (χ4n) is 20.3. The van der Waals surface area contributed by atoms with Crippen LogP contribution < -0.4 is 16.0 Å². The van der Waals surface area contributed by atoms with Gasteiger partial charge in [0.05, 0.1) is 88.7 Å². The van der Waals surface area contributed by atoms with Gasteiger partial charge in [0, 0.05) is 53.0 Å². The number of fused-ring (bicyclic) bond motifs is 30. The molecule has 6 unspecified atom stereocenters. The van der Waals surface area contributed by atoms with E-state index in [-0.39, 0.29) is 90.6 Å². The van der Waals surface area contributed by atoms with Crippen molar-refractivity contribution in [3.63, 3.8) is 0 Å². The Hall–Kier alpha value is -13.7. The summed E-state index contributed by atoms with van der Waals surface area (Å²) in [6.07, 6.45) is 14.6. The molecule has 0 fully saturated rings. The highest BCUT2D eigenvalue weighted by atomic mass is 16.2. The summed E-state index contributed by atoms with van der Waals surface area (Å²) in [6.45, 7) is -0.101. The average Bonchev–Trinajstić information content (AvgIpc) is 1.54. The maximum atomic E-state index is 14.6. The van der Waals surface area contributed by atoms with Gasteiger partial charge in [-0.25, -0.2) is 0 Å². The predicted molar refractivity (Wildman–Crippen MR) is 416 cm³/mol. The molecule has 0 spiro atoms. The van der Waals surface area contributed by atoms with Crippen LogP contribution in [0.1, 0.15) is 231 Å². The lowest BCUT2D eigenvalue weighted by Crippen LogP contribution is -2.29. The maximum Gasteiger partial charge on any atom is 0.261 e. The van der Waals surface area contributed by atoms with Gasteiger partial charge < -0.3 is 16.0 Å². The molecule has 18 nitrogen and oxygen atoms in total. The molecule has 534 valence electrons. The van der Waals surface area contributed by atoms with Crippen molar-refractivity contribution < 1.29 is 43.2 Å². The van der Waals surface area contributed by atoms with Gasteiger partial charge in [-0.1, -0.05) is 91.0 Å². The zero-order valence-electron chi connectivity index (χ0n) is 59.5. The van der Waals surface area contributed by atoms with E-state index in [4.69, 9.17) is 0 Å². The number of aromatic nitrogens is 3. The van der Waals surface area contributed by atoms with Crippen LogP contribution in [0.3, 0.4) is 0 Å². The number of imide groups is 3. The van der Waals surface area contributed by atoms with E-state index >= 15 is 0 Å². The number of carbonyl (C=O) groups is 9. The summed E-state index contributed by atoms with van der Waals surface area (Å²) < 4.78 is 0. The number of amides is 9. The van der Waals surface area contributed by atoms with Crippen molar-refractivity contribution in [2.24, 2.45) is 0 Å². The topological polar surface area (TPSA) is 238 Å². The van der Waals surface area contributed by atoms with Crippen molar-refractivity contribution in [2.75, 3.05) is 16.0 Å². The minimum Gasteiger partial charge on any atom is -0.321 e. The Balaban J connectivity index is 0.616. The van der Waals surface area contributed by atoms with Crippen LogP contribution in [0.15, 0.2) is 219 Å². The Morgan fingerprint density at radius 3 is 0.802 bits per heavy atom. The van der Waals surface area contributed by atoms with Crippen molar-refractivity contribution >= 4 is 103 Å². The van der Waals surface area contributed by atoms with Gasteiger partial charge in [-0.2, -0.15) is 0 Å². The largest absolute Gasteiger partial charge is 0.321 e. The second kappa shape index (κ2) is 24.1. The second-order valence-corrected chi connectivity index (χ2v) is 31.2. The number of hydrogen-bond acceptors (Lipinski definition) is 12. The first kappa shape index (κ1) is 64.4. The summed E-state index contributed by atoms with van der Waals surface area (Å²) in [5.74, 6) is -2.65. The zero-order valence-corrected chi connectivity index (χ0v) is 59.5. The lowest BCUT2D eigenvalue weighted by Gasteiger charge is -2.40. The summed E-state index contributed by atoms with van der Waals surface area (Å²) in [7, 11) is 0.